The van der Waals surface area contributed by atoms with Crippen LogP contribution in [0.4, 0.5) is 34.1 Å². The van der Waals surface area contributed by atoms with E-state index in [1.54, 1.807) is 0 Å². The molecule has 10 rings (SSSR count). The number of benzene rings is 8. The van der Waals surface area contributed by atoms with Crippen molar-refractivity contribution in [2.45, 2.75) is 19.4 Å². The van der Waals surface area contributed by atoms with Crippen molar-refractivity contribution in [2.75, 3.05) is 16.9 Å². The summed E-state index contributed by atoms with van der Waals surface area (Å²) >= 11 is 0. The van der Waals surface area contributed by atoms with Crippen molar-refractivity contribution < 1.29 is 14.6 Å². The normalized spacial score (nSPS) is 12.4. The van der Waals surface area contributed by atoms with Crippen molar-refractivity contribution in [3.63, 3.8) is 0 Å². The molecule has 8 aromatic rings. The second-order valence-electron chi connectivity index (χ2n) is 14.2. The summed E-state index contributed by atoms with van der Waals surface area (Å²) in [5.74, 6) is -0.339. The van der Waals surface area contributed by atoms with Gasteiger partial charge < -0.3 is 19.6 Å². The average Bonchev–Trinajstić information content (AvgIpc) is 3.21. The van der Waals surface area contributed by atoms with Gasteiger partial charge in [0.05, 0.1) is 52.4 Å². The summed E-state index contributed by atoms with van der Waals surface area (Å²) in [5.41, 5.74) is 11.6. The second-order valence-corrected chi connectivity index (χ2v) is 14.2. The lowest BCUT2D eigenvalue weighted by molar-refractivity contribution is 0.0601. The number of aliphatic hydroxyl groups is 1. The zero-order valence-electron chi connectivity index (χ0n) is 30.3. The molecular weight excluding hydrogens is 665 g/mol. The lowest BCUT2D eigenvalue weighted by Crippen LogP contribution is -2.22. The molecule has 0 fully saturated rings. The Bertz CT molecular complexity index is 2730. The first-order chi connectivity index (χ1) is 26.3. The first kappa shape index (κ1) is 33.2. The van der Waals surface area contributed by atoms with Crippen molar-refractivity contribution in [3.8, 4) is 22.3 Å². The largest absolute Gasteiger partial charge is 0.465 e. The van der Waals surface area contributed by atoms with Gasteiger partial charge in [-0.15, -0.1) is 0 Å². The molecule has 5 nitrogen and oxygen atoms in total. The van der Waals surface area contributed by atoms with E-state index in [0.717, 1.165) is 45.3 Å². The zero-order valence-corrected chi connectivity index (χ0v) is 30.3. The molecule has 54 heavy (non-hydrogen) atoms. The Balaban J connectivity index is 0.000000142. The van der Waals surface area contributed by atoms with Crippen LogP contribution in [0.3, 0.4) is 0 Å². The Morgan fingerprint density at radius 2 is 0.852 bits per heavy atom. The van der Waals surface area contributed by atoms with Gasteiger partial charge in [0.15, 0.2) is 0 Å². The molecule has 0 unspecified atom stereocenters. The topological polar surface area (TPSA) is 53.0 Å². The monoisotopic (exact) mass is 702 g/mol. The first-order valence-corrected chi connectivity index (χ1v) is 18.2. The number of hydrogen-bond acceptors (Lipinski definition) is 5. The summed E-state index contributed by atoms with van der Waals surface area (Å²) in [7, 11) is 1.42. The van der Waals surface area contributed by atoms with Crippen molar-refractivity contribution in [2.24, 2.45) is 0 Å². The Morgan fingerprint density at radius 1 is 0.463 bits per heavy atom. The highest BCUT2D eigenvalue weighted by molar-refractivity contribution is 6.16. The smallest absolute Gasteiger partial charge is 0.339 e. The summed E-state index contributed by atoms with van der Waals surface area (Å²) in [5, 5.41) is 15.7. The fourth-order valence-electron chi connectivity index (χ4n) is 8.17. The maximum Gasteiger partial charge on any atom is 0.339 e. The number of para-hydroxylation sites is 4. The van der Waals surface area contributed by atoms with E-state index in [4.69, 9.17) is 4.74 Å². The molecule has 0 amide bonds. The molecule has 0 spiro atoms. The fraction of sp³-hybridized carbons (Fsp3) is 0.0816. The summed E-state index contributed by atoms with van der Waals surface area (Å²) in [6, 6.07) is 58.1. The van der Waals surface area contributed by atoms with Crippen LogP contribution in [0.2, 0.25) is 0 Å². The Kier molecular flexibility index (Phi) is 8.02. The maximum absolute atomic E-state index is 12.4. The van der Waals surface area contributed by atoms with Crippen LogP contribution in [-0.2, 0) is 10.3 Å². The highest BCUT2D eigenvalue weighted by atomic mass is 16.5. The minimum atomic E-state index is -0.934. The summed E-state index contributed by atoms with van der Waals surface area (Å²) in [4.78, 5) is 16.9. The SMILES string of the molecule is CC(C)(O)c1ccccc1N1c2ccccc2-c2cccc3cccc1c23.COC(=O)c1ccccc1N1c2ccccc2-c2cccc3cccc1c23. The van der Waals surface area contributed by atoms with E-state index >= 15 is 0 Å². The van der Waals surface area contributed by atoms with Crippen LogP contribution in [-0.4, -0.2) is 18.2 Å². The van der Waals surface area contributed by atoms with Crippen LogP contribution in [0.15, 0.2) is 170 Å². The van der Waals surface area contributed by atoms with Gasteiger partial charge in [0.2, 0.25) is 0 Å². The molecule has 262 valence electrons. The van der Waals surface area contributed by atoms with Crippen LogP contribution < -0.4 is 9.80 Å². The number of nitrogens with zero attached hydrogens (tertiary/aromatic N) is 2. The number of carbonyl (C=O) groups is 1. The average molecular weight is 703 g/mol. The summed E-state index contributed by atoms with van der Waals surface area (Å²) < 4.78 is 5.03. The Hall–Kier alpha value is -6.69. The molecule has 0 saturated heterocycles. The van der Waals surface area contributed by atoms with Gasteiger partial charge in [-0.1, -0.05) is 127 Å². The van der Waals surface area contributed by atoms with Crippen LogP contribution in [0, 0.1) is 0 Å². The van der Waals surface area contributed by atoms with E-state index in [0.29, 0.717) is 5.56 Å². The zero-order chi connectivity index (χ0) is 37.0. The molecule has 2 aliphatic heterocycles. The van der Waals surface area contributed by atoms with Crippen molar-refractivity contribution in [1.29, 1.82) is 0 Å². The molecule has 2 aliphatic rings. The van der Waals surface area contributed by atoms with Gasteiger partial charge in [0.1, 0.15) is 0 Å². The molecule has 2 heterocycles. The van der Waals surface area contributed by atoms with Gasteiger partial charge in [-0.2, -0.15) is 0 Å². The van der Waals surface area contributed by atoms with Crippen molar-refractivity contribution >= 4 is 61.6 Å². The molecular formula is C49H38N2O3. The quantitative estimate of drug-likeness (QED) is 0.185. The number of ether oxygens (including phenoxy) is 1. The molecule has 5 heteroatoms. The van der Waals surface area contributed by atoms with E-state index in [-0.39, 0.29) is 5.97 Å². The lowest BCUT2D eigenvalue weighted by atomic mass is 9.89. The first-order valence-electron chi connectivity index (χ1n) is 18.2. The third-order valence-corrected chi connectivity index (χ3v) is 10.5. The third-order valence-electron chi connectivity index (χ3n) is 10.5. The number of hydrogen-bond donors (Lipinski definition) is 1. The van der Waals surface area contributed by atoms with E-state index < -0.39 is 5.60 Å². The number of anilines is 6. The number of rotatable bonds is 4. The Morgan fingerprint density at radius 3 is 1.37 bits per heavy atom. The van der Waals surface area contributed by atoms with E-state index in [1.165, 1.54) is 45.3 Å². The minimum absolute atomic E-state index is 0.339. The predicted octanol–water partition coefficient (Wildman–Crippen LogP) is 12.6. The lowest BCUT2D eigenvalue weighted by Gasteiger charge is -2.36. The van der Waals surface area contributed by atoms with Gasteiger partial charge >= 0.3 is 5.97 Å². The number of carbonyl (C=O) groups excluding carboxylic acids is 1. The highest BCUT2D eigenvalue weighted by Gasteiger charge is 2.31. The highest BCUT2D eigenvalue weighted by Crippen LogP contribution is 2.53. The molecule has 0 radical (unpaired) electrons. The number of esters is 1. The standard InChI is InChI=1S/C25H21NO.C24H17NO2/c1-25(2,27)20-13-4-6-15-22(20)26-21-14-5-3-11-18(21)19-12-7-9-17-10-8-16-23(26)24(17)19;1-27-24(26)19-11-3-5-14-21(19)25-20-13-4-2-10-17(20)18-12-6-8-16-9-7-15-22(25)23(16)18/h3-16,27H,1-2H3;2-15H,1H3. The molecule has 0 bridgehead atoms. The van der Waals surface area contributed by atoms with Crippen LogP contribution >= 0.6 is 0 Å². The van der Waals surface area contributed by atoms with Gasteiger partial charge in [0, 0.05) is 27.5 Å². The third kappa shape index (κ3) is 5.32. The maximum atomic E-state index is 12.4. The number of methoxy groups -OCH3 is 1. The van der Waals surface area contributed by atoms with Crippen LogP contribution in [0.25, 0.3) is 43.8 Å². The van der Waals surface area contributed by atoms with Gasteiger partial charge in [-0.05, 0) is 78.2 Å². The van der Waals surface area contributed by atoms with Crippen molar-refractivity contribution in [1.82, 2.24) is 0 Å². The second kappa shape index (κ2) is 13.1. The van der Waals surface area contributed by atoms with Gasteiger partial charge in [-0.3, -0.25) is 0 Å². The van der Waals surface area contributed by atoms with Crippen LogP contribution in [0.1, 0.15) is 29.8 Å². The molecule has 0 aliphatic carbocycles. The summed E-state index contributed by atoms with van der Waals surface area (Å²) in [6.45, 7) is 3.69. The van der Waals surface area contributed by atoms with Gasteiger partial charge in [0.25, 0.3) is 0 Å². The van der Waals surface area contributed by atoms with E-state index in [9.17, 15) is 9.90 Å². The van der Waals surface area contributed by atoms with Crippen molar-refractivity contribution in [3.05, 3.63) is 181 Å². The molecule has 8 aromatic carbocycles. The molecule has 0 aromatic heterocycles. The fourth-order valence-corrected chi connectivity index (χ4v) is 8.17. The van der Waals surface area contributed by atoms with E-state index in [2.05, 4.69) is 131 Å². The summed E-state index contributed by atoms with van der Waals surface area (Å²) in [6.07, 6.45) is 0. The number of fused-ring (bicyclic) bond motifs is 4. The molecule has 0 saturated carbocycles. The van der Waals surface area contributed by atoms with Crippen LogP contribution in [0.5, 0.6) is 0 Å². The Labute approximate surface area is 314 Å². The van der Waals surface area contributed by atoms with Gasteiger partial charge in [-0.25, -0.2) is 4.79 Å². The minimum Gasteiger partial charge on any atom is -0.465 e. The molecule has 1 N–H and O–H groups in total. The predicted molar refractivity (Wildman–Crippen MR) is 222 cm³/mol. The molecule has 0 atom stereocenters. The van der Waals surface area contributed by atoms with E-state index in [1.807, 2.05) is 62.4 Å².